The van der Waals surface area contributed by atoms with E-state index in [0.717, 1.165) is 66.7 Å². The molecule has 14 rings (SSSR count). The monoisotopic (exact) mass is 801 g/mol. The number of rotatable bonds is 4. The molecule has 63 heavy (non-hydrogen) atoms. The fourth-order valence-electron chi connectivity index (χ4n) is 11.0. The summed E-state index contributed by atoms with van der Waals surface area (Å²) in [5.41, 5.74) is 19.9. The first-order valence-electron chi connectivity index (χ1n) is 21.6. The number of nitrogens with zero attached hydrogens (tertiary/aromatic N) is 3. The molecule has 0 unspecified atom stereocenters. The lowest BCUT2D eigenvalue weighted by Gasteiger charge is -2.30. The Hall–Kier alpha value is -8.34. The molecule has 0 N–H and O–H groups in total. The van der Waals surface area contributed by atoms with E-state index < -0.39 is 5.41 Å². The lowest BCUT2D eigenvalue weighted by molar-refractivity contribution is 0.669. The summed E-state index contributed by atoms with van der Waals surface area (Å²) in [4.78, 5) is 10.5. The Morgan fingerprint density at radius 1 is 0.349 bits per heavy atom. The highest BCUT2D eigenvalue weighted by molar-refractivity contribution is 6.12. The van der Waals surface area contributed by atoms with Crippen LogP contribution in [0.25, 0.3) is 106 Å². The molecular formula is C59H35N3O. The van der Waals surface area contributed by atoms with E-state index in [9.17, 15) is 0 Å². The van der Waals surface area contributed by atoms with Crippen LogP contribution in [0.5, 0.6) is 0 Å². The van der Waals surface area contributed by atoms with Gasteiger partial charge in [0.1, 0.15) is 11.2 Å². The molecule has 0 saturated carbocycles. The van der Waals surface area contributed by atoms with Gasteiger partial charge in [-0.2, -0.15) is 0 Å². The van der Waals surface area contributed by atoms with Gasteiger partial charge in [0.15, 0.2) is 5.82 Å². The first kappa shape index (κ1) is 34.4. The smallest absolute Gasteiger partial charge is 0.160 e. The van der Waals surface area contributed by atoms with Crippen LogP contribution in [0.1, 0.15) is 22.3 Å². The Labute approximate surface area is 363 Å². The van der Waals surface area contributed by atoms with E-state index in [1.165, 1.54) is 55.3 Å². The number of aromatic nitrogens is 3. The van der Waals surface area contributed by atoms with Crippen molar-refractivity contribution in [3.8, 4) is 61.8 Å². The highest BCUT2D eigenvalue weighted by Gasteiger charge is 2.51. The zero-order chi connectivity index (χ0) is 41.2. The number of furan rings is 1. The second-order valence-electron chi connectivity index (χ2n) is 16.8. The van der Waals surface area contributed by atoms with E-state index in [-0.39, 0.29) is 0 Å². The summed E-state index contributed by atoms with van der Waals surface area (Å²) in [5, 5.41) is 4.65. The Balaban J connectivity index is 0.977. The molecule has 12 aromatic rings. The normalized spacial score (nSPS) is 13.2. The third-order valence-corrected chi connectivity index (χ3v) is 13.6. The minimum absolute atomic E-state index is 0.413. The molecule has 2 aliphatic rings. The maximum atomic E-state index is 6.33. The van der Waals surface area contributed by atoms with Crippen LogP contribution in [0.4, 0.5) is 0 Å². The highest BCUT2D eigenvalue weighted by Crippen LogP contribution is 2.63. The third kappa shape index (κ3) is 4.75. The van der Waals surface area contributed by atoms with Gasteiger partial charge in [-0.05, 0) is 99.1 Å². The van der Waals surface area contributed by atoms with Gasteiger partial charge in [-0.1, -0.05) is 158 Å². The summed E-state index contributed by atoms with van der Waals surface area (Å²) in [7, 11) is 0. The van der Waals surface area contributed by atoms with E-state index in [1.807, 2.05) is 18.2 Å². The molecule has 0 saturated heterocycles. The molecule has 0 bridgehead atoms. The van der Waals surface area contributed by atoms with Crippen molar-refractivity contribution < 1.29 is 4.42 Å². The number of para-hydroxylation sites is 2. The van der Waals surface area contributed by atoms with Crippen LogP contribution in [0, 0.1) is 0 Å². The van der Waals surface area contributed by atoms with Gasteiger partial charge in [-0.3, -0.25) is 0 Å². The molecule has 4 heteroatoms. The third-order valence-electron chi connectivity index (χ3n) is 13.6. The van der Waals surface area contributed by atoms with Crippen LogP contribution < -0.4 is 0 Å². The van der Waals surface area contributed by atoms with Gasteiger partial charge >= 0.3 is 0 Å². The second-order valence-corrected chi connectivity index (χ2v) is 16.8. The summed E-state index contributed by atoms with van der Waals surface area (Å²) in [6.45, 7) is 0. The highest BCUT2D eigenvalue weighted by atomic mass is 16.3. The van der Waals surface area contributed by atoms with Crippen LogP contribution in [-0.4, -0.2) is 14.5 Å². The van der Waals surface area contributed by atoms with Crippen LogP contribution in [0.3, 0.4) is 0 Å². The van der Waals surface area contributed by atoms with Gasteiger partial charge in [-0.25, -0.2) is 9.97 Å². The van der Waals surface area contributed by atoms with Crippen molar-refractivity contribution in [2.45, 2.75) is 5.41 Å². The quantitative estimate of drug-likeness (QED) is 0.178. The fraction of sp³-hybridized carbons (Fsp3) is 0.0169. The zero-order valence-corrected chi connectivity index (χ0v) is 34.0. The second kappa shape index (κ2) is 12.8. The first-order valence-corrected chi connectivity index (χ1v) is 21.6. The van der Waals surface area contributed by atoms with E-state index in [0.29, 0.717) is 5.82 Å². The van der Waals surface area contributed by atoms with Crippen molar-refractivity contribution in [3.63, 3.8) is 0 Å². The Morgan fingerprint density at radius 3 is 1.71 bits per heavy atom. The summed E-state index contributed by atoms with van der Waals surface area (Å²) < 4.78 is 8.76. The molecule has 9 aromatic carbocycles. The molecule has 1 spiro atoms. The molecule has 292 valence electrons. The van der Waals surface area contributed by atoms with Gasteiger partial charge in [0.05, 0.1) is 27.8 Å². The predicted molar refractivity (Wildman–Crippen MR) is 256 cm³/mol. The topological polar surface area (TPSA) is 43.9 Å². The SMILES string of the molecule is c1ccc(-c2cc(-c3ccc4c(c3)oc3ccccc34)nc(-c3cccc(-n4c5ccccc5c5cc6c(cc54)-c4ccccc4C64c5ccccc5-c5ccccc54)c3)n2)cc1. The average molecular weight is 802 g/mol. The maximum Gasteiger partial charge on any atom is 0.160 e. The molecule has 0 atom stereocenters. The standard InChI is InChI=1S/C59H35N3O/c1-2-15-36(16-3-1)52-35-53(37-29-30-45-44-23-8-13-28-56(44)63-57(45)32-37)61-58(60-52)38-17-14-18-39(31-38)62-54-27-12-7-22-43(54)47-33-51-46(34-55(47)62)42-21-6-11-26-50(42)59(51)48-24-9-4-19-40(48)41-20-5-10-25-49(41)59/h1-35H. The van der Waals surface area contributed by atoms with Crippen molar-refractivity contribution in [2.24, 2.45) is 0 Å². The summed E-state index contributed by atoms with van der Waals surface area (Å²) in [5.74, 6) is 0.661. The summed E-state index contributed by atoms with van der Waals surface area (Å²) in [6, 6.07) is 76.6. The van der Waals surface area contributed by atoms with Crippen LogP contribution >= 0.6 is 0 Å². The van der Waals surface area contributed by atoms with Gasteiger partial charge in [-0.15, -0.1) is 0 Å². The van der Waals surface area contributed by atoms with Crippen molar-refractivity contribution in [2.75, 3.05) is 0 Å². The molecular weight excluding hydrogens is 767 g/mol. The molecule has 3 aromatic heterocycles. The summed E-state index contributed by atoms with van der Waals surface area (Å²) in [6.07, 6.45) is 0. The lowest BCUT2D eigenvalue weighted by atomic mass is 9.70. The van der Waals surface area contributed by atoms with E-state index in [2.05, 4.69) is 199 Å². The molecule has 0 aliphatic heterocycles. The molecule has 0 fully saturated rings. The van der Waals surface area contributed by atoms with Crippen molar-refractivity contribution in [3.05, 3.63) is 235 Å². The Bertz CT molecular complexity index is 3830. The Kier molecular flexibility index (Phi) is 7.01. The maximum absolute atomic E-state index is 6.33. The average Bonchev–Trinajstić information content (AvgIpc) is 4.07. The van der Waals surface area contributed by atoms with Crippen molar-refractivity contribution in [1.82, 2.24) is 14.5 Å². The minimum atomic E-state index is -0.413. The van der Waals surface area contributed by atoms with E-state index in [4.69, 9.17) is 14.4 Å². The number of benzene rings is 9. The van der Waals surface area contributed by atoms with Gasteiger partial charge in [0, 0.05) is 43.9 Å². The molecule has 3 heterocycles. The van der Waals surface area contributed by atoms with Gasteiger partial charge in [0.25, 0.3) is 0 Å². The van der Waals surface area contributed by atoms with Crippen molar-refractivity contribution in [1.29, 1.82) is 0 Å². The summed E-state index contributed by atoms with van der Waals surface area (Å²) >= 11 is 0. The number of hydrogen-bond donors (Lipinski definition) is 0. The molecule has 4 nitrogen and oxygen atoms in total. The minimum Gasteiger partial charge on any atom is -0.456 e. The van der Waals surface area contributed by atoms with Crippen LogP contribution in [-0.2, 0) is 5.41 Å². The zero-order valence-electron chi connectivity index (χ0n) is 34.0. The van der Waals surface area contributed by atoms with Crippen LogP contribution in [0.2, 0.25) is 0 Å². The molecule has 0 amide bonds. The van der Waals surface area contributed by atoms with Crippen LogP contribution in [0.15, 0.2) is 217 Å². The number of hydrogen-bond acceptors (Lipinski definition) is 3. The lowest BCUT2D eigenvalue weighted by Crippen LogP contribution is -2.25. The fourth-order valence-corrected chi connectivity index (χ4v) is 11.0. The molecule has 0 radical (unpaired) electrons. The van der Waals surface area contributed by atoms with E-state index in [1.54, 1.807) is 0 Å². The predicted octanol–water partition coefficient (Wildman–Crippen LogP) is 14.8. The van der Waals surface area contributed by atoms with E-state index >= 15 is 0 Å². The van der Waals surface area contributed by atoms with Crippen molar-refractivity contribution >= 4 is 43.7 Å². The Morgan fingerprint density at radius 2 is 0.952 bits per heavy atom. The van der Waals surface area contributed by atoms with Gasteiger partial charge < -0.3 is 8.98 Å². The van der Waals surface area contributed by atoms with Gasteiger partial charge in [0.2, 0.25) is 0 Å². The largest absolute Gasteiger partial charge is 0.456 e. The first-order chi connectivity index (χ1) is 31.2. The molecule has 2 aliphatic carbocycles. The number of fused-ring (bicyclic) bond motifs is 16.